The molecule has 1 atom stereocenters. The van der Waals surface area contributed by atoms with Gasteiger partial charge in [-0.05, 0) is 36.6 Å². The third-order valence-corrected chi connectivity index (χ3v) is 4.11. The van der Waals surface area contributed by atoms with E-state index in [0.29, 0.717) is 24.8 Å². The van der Waals surface area contributed by atoms with Crippen LogP contribution in [0.3, 0.4) is 0 Å². The molecule has 1 amide bonds. The van der Waals surface area contributed by atoms with Crippen LogP contribution in [0.5, 0.6) is 0 Å². The Morgan fingerprint density at radius 2 is 2.23 bits per heavy atom. The molecule has 0 aliphatic carbocycles. The smallest absolute Gasteiger partial charge is 0.272 e. The van der Waals surface area contributed by atoms with Gasteiger partial charge in [0.25, 0.3) is 5.91 Å². The van der Waals surface area contributed by atoms with Crippen molar-refractivity contribution < 1.29 is 9.53 Å². The summed E-state index contributed by atoms with van der Waals surface area (Å²) in [5.74, 6) is 0.388. The maximum atomic E-state index is 12.7. The molecular formula is C17H21N3O2. The highest BCUT2D eigenvalue weighted by Gasteiger charge is 2.25. The molecule has 1 aliphatic heterocycles. The Kier molecular flexibility index (Phi) is 4.53. The molecule has 2 aromatic rings. The van der Waals surface area contributed by atoms with E-state index in [1.807, 2.05) is 23.1 Å². The summed E-state index contributed by atoms with van der Waals surface area (Å²) in [6.45, 7) is 3.01. The zero-order chi connectivity index (χ0) is 15.4. The molecule has 0 N–H and O–H groups in total. The normalized spacial score (nSPS) is 17.9. The van der Waals surface area contributed by atoms with Gasteiger partial charge in [0, 0.05) is 44.9 Å². The zero-order valence-electron chi connectivity index (χ0n) is 12.8. The molecule has 3 rings (SSSR count). The SMILES string of the molecule is COCCC1CN(C(=O)c2ccccn2)Cc2cccn2C1. The molecule has 2 aromatic heterocycles. The van der Waals surface area contributed by atoms with Crippen LogP contribution in [0.2, 0.25) is 0 Å². The van der Waals surface area contributed by atoms with E-state index in [4.69, 9.17) is 4.74 Å². The van der Waals surface area contributed by atoms with E-state index in [1.54, 1.807) is 19.4 Å². The number of carbonyl (C=O) groups is 1. The number of rotatable bonds is 4. The first kappa shape index (κ1) is 14.8. The van der Waals surface area contributed by atoms with Crippen LogP contribution in [0, 0.1) is 5.92 Å². The quantitative estimate of drug-likeness (QED) is 0.869. The second kappa shape index (κ2) is 6.75. The number of aromatic nitrogens is 2. The van der Waals surface area contributed by atoms with E-state index < -0.39 is 0 Å². The zero-order valence-corrected chi connectivity index (χ0v) is 12.8. The Labute approximate surface area is 130 Å². The number of methoxy groups -OCH3 is 1. The fraction of sp³-hybridized carbons (Fsp3) is 0.412. The van der Waals surface area contributed by atoms with Crippen LogP contribution in [0.15, 0.2) is 42.7 Å². The van der Waals surface area contributed by atoms with Crippen LogP contribution >= 0.6 is 0 Å². The number of pyridine rings is 1. The fourth-order valence-electron chi connectivity index (χ4n) is 2.95. The van der Waals surface area contributed by atoms with Gasteiger partial charge >= 0.3 is 0 Å². The number of hydrogen-bond donors (Lipinski definition) is 0. The van der Waals surface area contributed by atoms with Gasteiger partial charge in [0.05, 0.1) is 6.54 Å². The molecule has 0 radical (unpaired) electrons. The first-order valence-corrected chi connectivity index (χ1v) is 7.61. The lowest BCUT2D eigenvalue weighted by atomic mass is 10.1. The first-order chi connectivity index (χ1) is 10.8. The number of ether oxygens (including phenoxy) is 1. The summed E-state index contributed by atoms with van der Waals surface area (Å²) in [7, 11) is 1.72. The molecule has 5 nitrogen and oxygen atoms in total. The standard InChI is InChI=1S/C17H21N3O2/c1-22-10-7-14-11-19-9-4-5-15(19)13-20(12-14)17(21)16-6-2-3-8-18-16/h2-6,8-9,14H,7,10-13H2,1H3. The van der Waals surface area contributed by atoms with E-state index in [-0.39, 0.29) is 5.91 Å². The van der Waals surface area contributed by atoms with Gasteiger partial charge < -0.3 is 14.2 Å². The van der Waals surface area contributed by atoms with Crippen molar-refractivity contribution in [1.82, 2.24) is 14.5 Å². The van der Waals surface area contributed by atoms with Crippen molar-refractivity contribution in [1.29, 1.82) is 0 Å². The highest BCUT2D eigenvalue weighted by molar-refractivity contribution is 5.92. The van der Waals surface area contributed by atoms with Crippen molar-refractivity contribution in [3.8, 4) is 0 Å². The lowest BCUT2D eigenvalue weighted by molar-refractivity contribution is 0.0699. The number of hydrogen-bond acceptors (Lipinski definition) is 3. The Morgan fingerprint density at radius 3 is 3.00 bits per heavy atom. The summed E-state index contributed by atoms with van der Waals surface area (Å²) < 4.78 is 7.45. The Hall–Kier alpha value is -2.14. The monoisotopic (exact) mass is 299 g/mol. The molecule has 1 unspecified atom stereocenters. The van der Waals surface area contributed by atoms with Crippen molar-refractivity contribution in [2.75, 3.05) is 20.3 Å². The fourth-order valence-corrected chi connectivity index (χ4v) is 2.95. The highest BCUT2D eigenvalue weighted by atomic mass is 16.5. The summed E-state index contributed by atoms with van der Waals surface area (Å²) in [5.41, 5.74) is 1.68. The average Bonchev–Trinajstić information content (AvgIpc) is 2.91. The lowest BCUT2D eigenvalue weighted by Gasteiger charge is -2.23. The maximum Gasteiger partial charge on any atom is 0.272 e. The molecular weight excluding hydrogens is 278 g/mol. The number of nitrogens with zero attached hydrogens (tertiary/aromatic N) is 3. The van der Waals surface area contributed by atoms with Crippen molar-refractivity contribution in [2.45, 2.75) is 19.5 Å². The molecule has 0 bridgehead atoms. The van der Waals surface area contributed by atoms with Crippen LogP contribution in [0.4, 0.5) is 0 Å². The van der Waals surface area contributed by atoms with Crippen molar-refractivity contribution in [2.24, 2.45) is 5.92 Å². The third kappa shape index (κ3) is 3.20. The van der Waals surface area contributed by atoms with E-state index in [0.717, 1.165) is 19.5 Å². The summed E-state index contributed by atoms with van der Waals surface area (Å²) in [6, 6.07) is 9.57. The van der Waals surface area contributed by atoms with E-state index >= 15 is 0 Å². The molecule has 116 valence electrons. The topological polar surface area (TPSA) is 47.4 Å². The predicted molar refractivity (Wildman–Crippen MR) is 83.4 cm³/mol. The third-order valence-electron chi connectivity index (χ3n) is 4.11. The number of amides is 1. The van der Waals surface area contributed by atoms with Crippen molar-refractivity contribution >= 4 is 5.91 Å². The minimum absolute atomic E-state index is 0.00216. The second-order valence-corrected chi connectivity index (χ2v) is 5.70. The second-order valence-electron chi connectivity index (χ2n) is 5.70. The predicted octanol–water partition coefficient (Wildman–Crippen LogP) is 2.19. The van der Waals surface area contributed by atoms with Crippen molar-refractivity contribution in [3.05, 3.63) is 54.1 Å². The Morgan fingerprint density at radius 1 is 1.32 bits per heavy atom. The van der Waals surface area contributed by atoms with Gasteiger partial charge in [-0.2, -0.15) is 0 Å². The minimum atomic E-state index is -0.00216. The molecule has 0 spiro atoms. The molecule has 0 saturated carbocycles. The van der Waals surface area contributed by atoms with Gasteiger partial charge in [-0.15, -0.1) is 0 Å². The van der Waals surface area contributed by atoms with Crippen LogP contribution in [0.1, 0.15) is 22.6 Å². The Bertz CT molecular complexity index is 624. The lowest BCUT2D eigenvalue weighted by Crippen LogP contribution is -2.34. The molecule has 0 saturated heterocycles. The van der Waals surface area contributed by atoms with Crippen molar-refractivity contribution in [3.63, 3.8) is 0 Å². The molecule has 5 heteroatoms. The van der Waals surface area contributed by atoms with E-state index in [2.05, 4.69) is 21.8 Å². The van der Waals surface area contributed by atoms with E-state index in [9.17, 15) is 4.79 Å². The van der Waals surface area contributed by atoms with Gasteiger partial charge in [0.2, 0.25) is 0 Å². The molecule has 0 aromatic carbocycles. The minimum Gasteiger partial charge on any atom is -0.385 e. The molecule has 0 fully saturated rings. The average molecular weight is 299 g/mol. The van der Waals surface area contributed by atoms with E-state index in [1.165, 1.54) is 5.69 Å². The number of carbonyl (C=O) groups excluding carboxylic acids is 1. The van der Waals surface area contributed by atoms with Crippen LogP contribution in [0.25, 0.3) is 0 Å². The molecule has 1 aliphatic rings. The summed E-state index contributed by atoms with van der Waals surface area (Å²) in [5, 5.41) is 0. The van der Waals surface area contributed by atoms with Crippen LogP contribution in [-0.4, -0.2) is 40.6 Å². The van der Waals surface area contributed by atoms with Gasteiger partial charge in [0.15, 0.2) is 0 Å². The maximum absolute atomic E-state index is 12.7. The van der Waals surface area contributed by atoms with Gasteiger partial charge in [-0.25, -0.2) is 0 Å². The molecule has 22 heavy (non-hydrogen) atoms. The molecule has 3 heterocycles. The Balaban J connectivity index is 1.82. The first-order valence-electron chi connectivity index (χ1n) is 7.61. The summed E-state index contributed by atoms with van der Waals surface area (Å²) in [4.78, 5) is 18.8. The highest BCUT2D eigenvalue weighted by Crippen LogP contribution is 2.20. The van der Waals surface area contributed by atoms with Gasteiger partial charge in [0.1, 0.15) is 5.69 Å². The number of fused-ring (bicyclic) bond motifs is 1. The summed E-state index contributed by atoms with van der Waals surface area (Å²) >= 11 is 0. The van der Waals surface area contributed by atoms with Gasteiger partial charge in [-0.3, -0.25) is 9.78 Å². The summed E-state index contributed by atoms with van der Waals surface area (Å²) in [6.07, 6.45) is 4.69. The van der Waals surface area contributed by atoms with Crippen LogP contribution in [-0.2, 0) is 17.8 Å². The largest absolute Gasteiger partial charge is 0.385 e. The van der Waals surface area contributed by atoms with Crippen LogP contribution < -0.4 is 0 Å². The van der Waals surface area contributed by atoms with Gasteiger partial charge in [-0.1, -0.05) is 6.07 Å².